The minimum absolute atomic E-state index is 0.376. The van der Waals surface area contributed by atoms with E-state index in [2.05, 4.69) is 28.6 Å². The van der Waals surface area contributed by atoms with E-state index in [1.807, 2.05) is 6.20 Å². The summed E-state index contributed by atoms with van der Waals surface area (Å²) in [5, 5.41) is 0.681. The lowest BCUT2D eigenvalue weighted by molar-refractivity contribution is -0.0732. The summed E-state index contributed by atoms with van der Waals surface area (Å²) in [6, 6.07) is 0. The summed E-state index contributed by atoms with van der Waals surface area (Å²) in [5.41, 5.74) is 5.71. The molecule has 1 aromatic rings. The molecule has 5 nitrogen and oxygen atoms in total. The number of nitrogen functional groups attached to an aromatic ring is 1. The van der Waals surface area contributed by atoms with Crippen molar-refractivity contribution < 1.29 is 4.74 Å². The maximum absolute atomic E-state index is 5.83. The van der Waals surface area contributed by atoms with E-state index in [4.69, 9.17) is 10.5 Å². The van der Waals surface area contributed by atoms with E-state index >= 15 is 0 Å². The first-order valence-electron chi connectivity index (χ1n) is 8.39. The largest absolute Gasteiger partial charge is 0.375 e. The second-order valence-electron chi connectivity index (χ2n) is 6.86. The van der Waals surface area contributed by atoms with Gasteiger partial charge in [-0.2, -0.15) is 0 Å². The Morgan fingerprint density at radius 3 is 2.50 bits per heavy atom. The molecule has 0 aromatic carbocycles. The lowest BCUT2D eigenvalue weighted by atomic mass is 9.95. The molecular formula is C16H28N4OS. The molecule has 2 fully saturated rings. The summed E-state index contributed by atoms with van der Waals surface area (Å²) in [5.74, 6) is 0.834. The lowest BCUT2D eigenvalue weighted by Gasteiger charge is -2.39. The first kappa shape index (κ1) is 16.2. The molecule has 0 spiro atoms. The topological polar surface area (TPSA) is 54.6 Å². The number of piperidine rings is 1. The Kier molecular flexibility index (Phi) is 5.33. The summed E-state index contributed by atoms with van der Waals surface area (Å²) in [7, 11) is 0. The van der Waals surface area contributed by atoms with Crippen LogP contribution in [0.5, 0.6) is 0 Å². The van der Waals surface area contributed by atoms with Crippen molar-refractivity contribution in [1.82, 2.24) is 14.8 Å². The minimum Gasteiger partial charge on any atom is -0.375 e. The number of nitrogens with two attached hydrogens (primary N) is 1. The van der Waals surface area contributed by atoms with E-state index in [0.29, 0.717) is 17.3 Å². The van der Waals surface area contributed by atoms with Crippen LogP contribution in [0.1, 0.15) is 31.6 Å². The van der Waals surface area contributed by atoms with Crippen LogP contribution < -0.4 is 5.73 Å². The highest BCUT2D eigenvalue weighted by Gasteiger charge is 2.26. The molecule has 2 aliphatic heterocycles. The Morgan fingerprint density at radius 2 is 1.91 bits per heavy atom. The number of anilines is 1. The highest BCUT2D eigenvalue weighted by atomic mass is 32.1. The van der Waals surface area contributed by atoms with Crippen molar-refractivity contribution >= 4 is 16.5 Å². The normalized spacial score (nSPS) is 29.0. The maximum Gasteiger partial charge on any atom is 0.180 e. The van der Waals surface area contributed by atoms with Crippen LogP contribution in [0.3, 0.4) is 0 Å². The number of hydrogen-bond donors (Lipinski definition) is 1. The van der Waals surface area contributed by atoms with Gasteiger partial charge in [-0.05, 0) is 45.7 Å². The molecule has 0 aliphatic carbocycles. The predicted octanol–water partition coefficient (Wildman–Crippen LogP) is 2.05. The first-order valence-corrected chi connectivity index (χ1v) is 9.20. The van der Waals surface area contributed by atoms with Gasteiger partial charge in [0.05, 0.1) is 12.2 Å². The monoisotopic (exact) mass is 324 g/mol. The van der Waals surface area contributed by atoms with Crippen molar-refractivity contribution in [3.05, 3.63) is 11.1 Å². The number of rotatable bonds is 4. The lowest BCUT2D eigenvalue weighted by Crippen LogP contribution is -2.48. The summed E-state index contributed by atoms with van der Waals surface area (Å²) in [6.45, 7) is 11.2. The van der Waals surface area contributed by atoms with Crippen LogP contribution in [0.15, 0.2) is 6.20 Å². The Morgan fingerprint density at radius 1 is 1.23 bits per heavy atom. The molecule has 124 valence electrons. The zero-order valence-electron chi connectivity index (χ0n) is 13.7. The number of thiazole rings is 1. The minimum atomic E-state index is 0.376. The molecule has 2 unspecified atom stereocenters. The quantitative estimate of drug-likeness (QED) is 0.918. The van der Waals surface area contributed by atoms with Crippen LogP contribution in [-0.2, 0) is 11.3 Å². The van der Waals surface area contributed by atoms with Crippen LogP contribution in [-0.4, -0.2) is 59.7 Å². The van der Waals surface area contributed by atoms with E-state index in [1.165, 1.54) is 37.4 Å². The van der Waals surface area contributed by atoms with Gasteiger partial charge in [0.1, 0.15) is 0 Å². The zero-order chi connectivity index (χ0) is 15.5. The molecule has 0 radical (unpaired) electrons. The van der Waals surface area contributed by atoms with Crippen LogP contribution >= 0.6 is 11.3 Å². The van der Waals surface area contributed by atoms with E-state index in [1.54, 1.807) is 11.3 Å². The molecule has 3 heterocycles. The van der Waals surface area contributed by atoms with E-state index in [0.717, 1.165) is 25.6 Å². The SMILES string of the molecule is CC1CN(CC2CCN(Cc3cnc(N)s3)CC2)CC(C)O1. The van der Waals surface area contributed by atoms with E-state index in [9.17, 15) is 0 Å². The van der Waals surface area contributed by atoms with Crippen molar-refractivity contribution in [1.29, 1.82) is 0 Å². The molecule has 0 saturated carbocycles. The van der Waals surface area contributed by atoms with Gasteiger partial charge in [-0.25, -0.2) is 4.98 Å². The summed E-state index contributed by atoms with van der Waals surface area (Å²) in [6.07, 6.45) is 5.27. The molecule has 0 bridgehead atoms. The van der Waals surface area contributed by atoms with Gasteiger partial charge in [0.15, 0.2) is 5.13 Å². The van der Waals surface area contributed by atoms with Crippen LogP contribution in [0.25, 0.3) is 0 Å². The van der Waals surface area contributed by atoms with Gasteiger partial charge in [-0.1, -0.05) is 0 Å². The molecule has 3 rings (SSSR count). The van der Waals surface area contributed by atoms with E-state index < -0.39 is 0 Å². The predicted molar refractivity (Wildman–Crippen MR) is 91.0 cm³/mol. The Balaban J connectivity index is 1.41. The van der Waals surface area contributed by atoms with Crippen molar-refractivity contribution in [2.75, 3.05) is 38.5 Å². The van der Waals surface area contributed by atoms with Gasteiger partial charge in [0.25, 0.3) is 0 Å². The van der Waals surface area contributed by atoms with Crippen LogP contribution in [0.4, 0.5) is 5.13 Å². The number of ether oxygens (including phenoxy) is 1. The van der Waals surface area contributed by atoms with Crippen LogP contribution in [0.2, 0.25) is 0 Å². The smallest absolute Gasteiger partial charge is 0.180 e. The van der Waals surface area contributed by atoms with E-state index in [-0.39, 0.29) is 0 Å². The fourth-order valence-electron chi connectivity index (χ4n) is 3.74. The third kappa shape index (κ3) is 4.41. The Hall–Kier alpha value is -0.690. The summed E-state index contributed by atoms with van der Waals surface area (Å²) < 4.78 is 5.83. The Bertz CT molecular complexity index is 462. The fraction of sp³-hybridized carbons (Fsp3) is 0.812. The molecule has 2 N–H and O–H groups in total. The molecule has 2 aliphatic rings. The second-order valence-corrected chi connectivity index (χ2v) is 8.01. The summed E-state index contributed by atoms with van der Waals surface area (Å²) >= 11 is 1.61. The summed E-state index contributed by atoms with van der Waals surface area (Å²) in [4.78, 5) is 10.6. The number of likely N-dealkylation sites (tertiary alicyclic amines) is 1. The number of nitrogens with zero attached hydrogens (tertiary/aromatic N) is 3. The van der Waals surface area contributed by atoms with Crippen LogP contribution in [0, 0.1) is 5.92 Å². The van der Waals surface area contributed by atoms with Gasteiger partial charge in [0.2, 0.25) is 0 Å². The molecule has 2 saturated heterocycles. The highest BCUT2D eigenvalue weighted by molar-refractivity contribution is 7.15. The molecule has 0 amide bonds. The molecule has 1 aromatic heterocycles. The fourth-order valence-corrected chi connectivity index (χ4v) is 4.47. The highest BCUT2D eigenvalue weighted by Crippen LogP contribution is 2.23. The Labute approximate surface area is 137 Å². The standard InChI is InChI=1S/C16H28N4OS/c1-12-8-20(9-13(2)21-12)10-14-3-5-19(6-4-14)11-15-7-18-16(17)22-15/h7,12-14H,3-6,8-11H2,1-2H3,(H2,17,18). The van der Waals surface area contributed by atoms with Crippen molar-refractivity contribution in [2.45, 2.75) is 45.4 Å². The molecular weight excluding hydrogens is 296 g/mol. The van der Waals surface area contributed by atoms with Crippen molar-refractivity contribution in [3.63, 3.8) is 0 Å². The maximum atomic E-state index is 5.83. The zero-order valence-corrected chi connectivity index (χ0v) is 14.5. The van der Waals surface area contributed by atoms with Crippen molar-refractivity contribution in [2.24, 2.45) is 5.92 Å². The second kappa shape index (κ2) is 7.25. The third-order valence-corrected chi connectivity index (χ3v) is 5.48. The first-order chi connectivity index (χ1) is 10.6. The van der Waals surface area contributed by atoms with Gasteiger partial charge >= 0.3 is 0 Å². The van der Waals surface area contributed by atoms with Crippen molar-refractivity contribution in [3.8, 4) is 0 Å². The molecule has 2 atom stereocenters. The number of hydrogen-bond acceptors (Lipinski definition) is 6. The average Bonchev–Trinajstić information content (AvgIpc) is 2.85. The third-order valence-electron chi connectivity index (χ3n) is 4.67. The van der Waals surface area contributed by atoms with Gasteiger partial charge in [0, 0.05) is 37.3 Å². The van der Waals surface area contributed by atoms with Gasteiger partial charge in [-0.3, -0.25) is 9.80 Å². The average molecular weight is 324 g/mol. The van der Waals surface area contributed by atoms with Gasteiger partial charge in [-0.15, -0.1) is 11.3 Å². The van der Waals surface area contributed by atoms with Gasteiger partial charge < -0.3 is 10.5 Å². The molecule has 22 heavy (non-hydrogen) atoms. The number of morpholine rings is 1. The number of aromatic nitrogens is 1. The molecule has 6 heteroatoms.